The lowest BCUT2D eigenvalue weighted by Gasteiger charge is -2.36. The van der Waals surface area contributed by atoms with E-state index in [1.165, 1.54) is 19.3 Å². The van der Waals surface area contributed by atoms with E-state index in [-0.39, 0.29) is 6.54 Å². The highest BCUT2D eigenvalue weighted by atomic mass is 35.5. The molecule has 0 aromatic heterocycles. The van der Waals surface area contributed by atoms with Gasteiger partial charge in [-0.1, -0.05) is 49.1 Å². The highest BCUT2D eigenvalue weighted by Gasteiger charge is 2.23. The molecule has 0 unspecified atom stereocenters. The second kappa shape index (κ2) is 8.34. The summed E-state index contributed by atoms with van der Waals surface area (Å²) in [7, 11) is 0. The minimum Gasteiger partial charge on any atom is -0.548 e. The molecule has 6 heteroatoms. The van der Waals surface area contributed by atoms with E-state index in [1.54, 1.807) is 0 Å². The first kappa shape index (κ1) is 17.0. The fourth-order valence-corrected chi connectivity index (χ4v) is 3.30. The second-order valence-corrected chi connectivity index (χ2v) is 6.34. The molecule has 0 bridgehead atoms. The monoisotopic (exact) mass is 339 g/mol. The smallest absolute Gasteiger partial charge is 0.169 e. The first-order chi connectivity index (χ1) is 10.6. The average Bonchev–Trinajstić information content (AvgIpc) is 2.52. The zero-order valence-corrected chi connectivity index (χ0v) is 14.0. The molecule has 1 aromatic rings. The Balaban J connectivity index is 2.11. The number of benzene rings is 1. The molecule has 1 aliphatic rings. The van der Waals surface area contributed by atoms with E-state index in [0.29, 0.717) is 22.7 Å². The minimum absolute atomic E-state index is 0.273. The molecule has 1 fully saturated rings. The summed E-state index contributed by atoms with van der Waals surface area (Å²) in [6, 6.07) is 7.99. The van der Waals surface area contributed by atoms with Gasteiger partial charge in [-0.3, -0.25) is 0 Å². The quantitative estimate of drug-likeness (QED) is 0.833. The van der Waals surface area contributed by atoms with Crippen molar-refractivity contribution >= 4 is 34.9 Å². The van der Waals surface area contributed by atoms with E-state index >= 15 is 0 Å². The van der Waals surface area contributed by atoms with Crippen LogP contribution in [0.2, 0.25) is 5.02 Å². The molecule has 0 atom stereocenters. The normalized spacial score (nSPS) is 15.3. The number of hydrogen-bond acceptors (Lipinski definition) is 3. The standard InChI is InChI=1S/C16H21ClN2O2S/c17-14-9-5-4-6-12(14)11-19(13-7-2-1-3-8-13)16(22)18-10-15(20)21/h4-6,9,13H,1-3,7-8,10-11H2,(H,18,22)(H,20,21)/p-1. The van der Waals surface area contributed by atoms with Gasteiger partial charge in [0, 0.05) is 17.6 Å². The lowest BCUT2D eigenvalue weighted by atomic mass is 9.94. The molecule has 120 valence electrons. The first-order valence-electron chi connectivity index (χ1n) is 7.55. The van der Waals surface area contributed by atoms with E-state index in [2.05, 4.69) is 10.2 Å². The van der Waals surface area contributed by atoms with E-state index in [1.807, 2.05) is 24.3 Å². The first-order valence-corrected chi connectivity index (χ1v) is 8.34. The maximum Gasteiger partial charge on any atom is 0.169 e. The highest BCUT2D eigenvalue weighted by molar-refractivity contribution is 7.80. The van der Waals surface area contributed by atoms with Crippen molar-refractivity contribution in [3.05, 3.63) is 34.9 Å². The Morgan fingerprint density at radius 3 is 2.64 bits per heavy atom. The molecule has 2 rings (SSSR count). The topological polar surface area (TPSA) is 55.4 Å². The summed E-state index contributed by atoms with van der Waals surface area (Å²) in [6.45, 7) is 0.313. The van der Waals surface area contributed by atoms with Crippen LogP contribution in [0.1, 0.15) is 37.7 Å². The van der Waals surface area contributed by atoms with Crippen LogP contribution in [-0.2, 0) is 11.3 Å². The highest BCUT2D eigenvalue weighted by Crippen LogP contribution is 2.26. The Morgan fingerprint density at radius 1 is 1.32 bits per heavy atom. The molecular weight excluding hydrogens is 320 g/mol. The van der Waals surface area contributed by atoms with Crippen molar-refractivity contribution in [2.24, 2.45) is 0 Å². The average molecular weight is 340 g/mol. The van der Waals surface area contributed by atoms with Crippen molar-refractivity contribution in [1.82, 2.24) is 10.2 Å². The number of hydrogen-bond donors (Lipinski definition) is 1. The molecule has 22 heavy (non-hydrogen) atoms. The van der Waals surface area contributed by atoms with E-state index in [9.17, 15) is 9.90 Å². The number of thiocarbonyl (C=S) groups is 1. The van der Waals surface area contributed by atoms with Gasteiger partial charge in [-0.15, -0.1) is 0 Å². The number of carboxylic acids is 1. The molecule has 0 heterocycles. The number of halogens is 1. The summed E-state index contributed by atoms with van der Waals surface area (Å²) >= 11 is 11.6. The molecule has 1 saturated carbocycles. The van der Waals surface area contributed by atoms with Gasteiger partial charge in [0.2, 0.25) is 0 Å². The molecular formula is C16H20ClN2O2S-. The number of aliphatic carboxylic acids is 1. The molecule has 0 spiro atoms. The van der Waals surface area contributed by atoms with Crippen LogP contribution in [0.4, 0.5) is 0 Å². The van der Waals surface area contributed by atoms with Crippen molar-refractivity contribution in [2.75, 3.05) is 6.54 Å². The van der Waals surface area contributed by atoms with Crippen molar-refractivity contribution < 1.29 is 9.90 Å². The van der Waals surface area contributed by atoms with Crippen LogP contribution in [0.15, 0.2) is 24.3 Å². The number of rotatable bonds is 5. The van der Waals surface area contributed by atoms with Crippen LogP contribution in [-0.4, -0.2) is 28.6 Å². The SMILES string of the molecule is O=C([O-])CNC(=S)N(Cc1ccccc1Cl)C1CCCCC1. The summed E-state index contributed by atoms with van der Waals surface area (Å²) in [6.07, 6.45) is 5.73. The predicted octanol–water partition coefficient (Wildman–Crippen LogP) is 2.10. The van der Waals surface area contributed by atoms with Gasteiger partial charge < -0.3 is 20.1 Å². The number of carbonyl (C=O) groups is 1. The molecule has 1 N–H and O–H groups in total. The van der Waals surface area contributed by atoms with Gasteiger partial charge in [-0.2, -0.15) is 0 Å². The molecule has 4 nitrogen and oxygen atoms in total. The molecule has 1 aromatic carbocycles. The van der Waals surface area contributed by atoms with Crippen LogP contribution < -0.4 is 10.4 Å². The molecule has 1 aliphatic carbocycles. The van der Waals surface area contributed by atoms with Gasteiger partial charge in [0.25, 0.3) is 0 Å². The fraction of sp³-hybridized carbons (Fsp3) is 0.500. The molecule has 0 amide bonds. The van der Waals surface area contributed by atoms with Crippen LogP contribution >= 0.6 is 23.8 Å². The second-order valence-electron chi connectivity index (χ2n) is 5.54. The lowest BCUT2D eigenvalue weighted by Crippen LogP contribution is -2.49. The van der Waals surface area contributed by atoms with Crippen molar-refractivity contribution in [2.45, 2.75) is 44.7 Å². The summed E-state index contributed by atoms with van der Waals surface area (Å²) in [5.41, 5.74) is 0.993. The van der Waals surface area contributed by atoms with Crippen LogP contribution in [0.3, 0.4) is 0 Å². The summed E-state index contributed by atoms with van der Waals surface area (Å²) < 4.78 is 0. The number of carbonyl (C=O) groups excluding carboxylic acids is 1. The van der Waals surface area contributed by atoms with Gasteiger partial charge in [0.15, 0.2) is 5.11 Å². The Labute approximate surface area is 141 Å². The van der Waals surface area contributed by atoms with E-state index in [4.69, 9.17) is 23.8 Å². The third kappa shape index (κ3) is 4.85. The number of nitrogens with one attached hydrogen (secondary N) is 1. The third-order valence-electron chi connectivity index (χ3n) is 3.96. The summed E-state index contributed by atoms with van der Waals surface area (Å²) in [5, 5.41) is 14.6. The predicted molar refractivity (Wildman–Crippen MR) is 89.5 cm³/mol. The largest absolute Gasteiger partial charge is 0.548 e. The van der Waals surface area contributed by atoms with Gasteiger partial charge in [0.05, 0.1) is 12.5 Å². The minimum atomic E-state index is -1.16. The Hall–Kier alpha value is -1.33. The Kier molecular flexibility index (Phi) is 6.46. The van der Waals surface area contributed by atoms with Crippen molar-refractivity contribution in [1.29, 1.82) is 0 Å². The van der Waals surface area contributed by atoms with Crippen molar-refractivity contribution in [3.63, 3.8) is 0 Å². The third-order valence-corrected chi connectivity index (χ3v) is 4.71. The Morgan fingerprint density at radius 2 is 2.00 bits per heavy atom. The molecule has 0 saturated heterocycles. The lowest BCUT2D eigenvalue weighted by molar-refractivity contribution is -0.303. The fourth-order valence-electron chi connectivity index (χ4n) is 2.82. The van der Waals surface area contributed by atoms with Gasteiger partial charge in [0.1, 0.15) is 0 Å². The van der Waals surface area contributed by atoms with E-state index in [0.717, 1.165) is 18.4 Å². The van der Waals surface area contributed by atoms with Crippen LogP contribution in [0.25, 0.3) is 0 Å². The van der Waals surface area contributed by atoms with Crippen LogP contribution in [0, 0.1) is 0 Å². The zero-order chi connectivity index (χ0) is 15.9. The van der Waals surface area contributed by atoms with Crippen molar-refractivity contribution in [3.8, 4) is 0 Å². The molecule has 0 radical (unpaired) electrons. The number of carboxylic acid groups (broad SMARTS) is 1. The van der Waals surface area contributed by atoms with Gasteiger partial charge >= 0.3 is 0 Å². The number of nitrogens with zero attached hydrogens (tertiary/aromatic N) is 1. The van der Waals surface area contributed by atoms with Gasteiger partial charge in [-0.25, -0.2) is 0 Å². The van der Waals surface area contributed by atoms with E-state index < -0.39 is 5.97 Å². The zero-order valence-electron chi connectivity index (χ0n) is 12.4. The summed E-state index contributed by atoms with van der Waals surface area (Å²) in [4.78, 5) is 12.7. The summed E-state index contributed by atoms with van der Waals surface area (Å²) in [5.74, 6) is -1.16. The maximum absolute atomic E-state index is 10.6. The van der Waals surface area contributed by atoms with Crippen LogP contribution in [0.5, 0.6) is 0 Å². The maximum atomic E-state index is 10.6. The van der Waals surface area contributed by atoms with Gasteiger partial charge in [-0.05, 0) is 36.7 Å². The molecule has 0 aliphatic heterocycles. The Bertz CT molecular complexity index is 533.